The number of rotatable bonds is 6. The first kappa shape index (κ1) is 15.2. The fraction of sp³-hybridized carbons (Fsp3) is 1.00. The van der Waals surface area contributed by atoms with E-state index in [-0.39, 0.29) is 6.29 Å². The van der Waals surface area contributed by atoms with Crippen LogP contribution in [0.4, 0.5) is 0 Å². The Balaban J connectivity index is 1.98. The smallest absolute Gasteiger partial charge is 0.160 e. The zero-order valence-corrected chi connectivity index (χ0v) is 12.6. The van der Waals surface area contributed by atoms with Crippen LogP contribution in [0.5, 0.6) is 0 Å². The van der Waals surface area contributed by atoms with Crippen LogP contribution in [0.3, 0.4) is 0 Å². The van der Waals surface area contributed by atoms with Gasteiger partial charge in [-0.05, 0) is 46.6 Å². The van der Waals surface area contributed by atoms with Crippen LogP contribution in [-0.2, 0) is 9.47 Å². The molecule has 0 aromatic carbocycles. The Labute approximate surface area is 117 Å². The molecule has 0 amide bonds. The lowest BCUT2D eigenvalue weighted by Gasteiger charge is -2.51. The highest BCUT2D eigenvalue weighted by molar-refractivity contribution is 4.99. The van der Waals surface area contributed by atoms with E-state index >= 15 is 0 Å². The van der Waals surface area contributed by atoms with E-state index in [1.165, 1.54) is 19.3 Å². The molecule has 0 saturated carbocycles. The maximum atomic E-state index is 10.9. The van der Waals surface area contributed by atoms with Gasteiger partial charge >= 0.3 is 0 Å². The largest absolute Gasteiger partial charge is 0.390 e. The molecule has 2 fully saturated rings. The molecule has 0 aromatic rings. The van der Waals surface area contributed by atoms with Gasteiger partial charge in [-0.1, -0.05) is 6.42 Å². The van der Waals surface area contributed by atoms with Crippen molar-refractivity contribution in [3.63, 3.8) is 0 Å². The summed E-state index contributed by atoms with van der Waals surface area (Å²) in [5.74, 6) is 0. The second kappa shape index (κ2) is 6.53. The summed E-state index contributed by atoms with van der Waals surface area (Å²) < 4.78 is 11.2. The molecule has 0 radical (unpaired) electrons. The highest BCUT2D eigenvalue weighted by Gasteiger charge is 2.45. The summed E-state index contributed by atoms with van der Waals surface area (Å²) in [4.78, 5) is 2.47. The summed E-state index contributed by atoms with van der Waals surface area (Å²) in [7, 11) is 2.21. The van der Waals surface area contributed by atoms with Gasteiger partial charge in [-0.15, -0.1) is 0 Å². The van der Waals surface area contributed by atoms with Gasteiger partial charge < -0.3 is 19.5 Å². The van der Waals surface area contributed by atoms with Crippen molar-refractivity contribution in [2.45, 2.75) is 76.3 Å². The van der Waals surface area contributed by atoms with Crippen molar-refractivity contribution in [1.82, 2.24) is 4.90 Å². The molecule has 2 unspecified atom stereocenters. The maximum Gasteiger partial charge on any atom is 0.160 e. The van der Waals surface area contributed by atoms with E-state index in [9.17, 15) is 5.11 Å². The topological polar surface area (TPSA) is 41.9 Å². The molecule has 0 aliphatic carbocycles. The molecule has 112 valence electrons. The minimum Gasteiger partial charge on any atom is -0.390 e. The minimum absolute atomic E-state index is 0.260. The van der Waals surface area contributed by atoms with E-state index < -0.39 is 5.60 Å². The summed E-state index contributed by atoms with van der Waals surface area (Å²) in [6.07, 6.45) is 5.79. The number of aliphatic hydroxyl groups is 1. The molecule has 2 heterocycles. The Kier molecular flexibility index (Phi) is 5.23. The predicted molar refractivity (Wildman–Crippen MR) is 75.0 cm³/mol. The van der Waals surface area contributed by atoms with Gasteiger partial charge in [0.2, 0.25) is 0 Å². The van der Waals surface area contributed by atoms with E-state index in [4.69, 9.17) is 9.47 Å². The van der Waals surface area contributed by atoms with Crippen LogP contribution in [0, 0.1) is 0 Å². The van der Waals surface area contributed by atoms with Gasteiger partial charge in [0.25, 0.3) is 0 Å². The molecule has 4 heteroatoms. The summed E-state index contributed by atoms with van der Waals surface area (Å²) in [5, 5.41) is 10.9. The third kappa shape index (κ3) is 3.69. The number of fused-ring (bicyclic) bond motifs is 2. The summed E-state index contributed by atoms with van der Waals surface area (Å²) in [6, 6.07) is 1.06. The second-order valence-electron chi connectivity index (χ2n) is 6.08. The zero-order chi connectivity index (χ0) is 13.9. The molecule has 0 spiro atoms. The number of nitrogens with zero attached hydrogens (tertiary/aromatic N) is 1. The highest BCUT2D eigenvalue weighted by atomic mass is 16.7. The third-order valence-electron chi connectivity index (χ3n) is 4.71. The Morgan fingerprint density at radius 2 is 1.68 bits per heavy atom. The van der Waals surface area contributed by atoms with E-state index in [1.54, 1.807) is 0 Å². The van der Waals surface area contributed by atoms with Crippen molar-refractivity contribution in [3.8, 4) is 0 Å². The van der Waals surface area contributed by atoms with Crippen molar-refractivity contribution in [2.75, 3.05) is 20.3 Å². The van der Waals surface area contributed by atoms with Crippen LogP contribution in [-0.4, -0.2) is 54.2 Å². The predicted octanol–water partition coefficient (Wildman–Crippen LogP) is 2.15. The Hall–Kier alpha value is -0.160. The van der Waals surface area contributed by atoms with Crippen molar-refractivity contribution in [1.29, 1.82) is 0 Å². The maximum absolute atomic E-state index is 10.9. The van der Waals surface area contributed by atoms with E-state index in [0.29, 0.717) is 31.7 Å². The first-order valence-corrected chi connectivity index (χ1v) is 7.75. The van der Waals surface area contributed by atoms with Gasteiger partial charge in [-0.3, -0.25) is 0 Å². The Morgan fingerprint density at radius 3 is 2.16 bits per heavy atom. The van der Waals surface area contributed by atoms with Crippen molar-refractivity contribution in [2.24, 2.45) is 0 Å². The normalized spacial score (nSPS) is 35.8. The third-order valence-corrected chi connectivity index (χ3v) is 4.71. The highest BCUT2D eigenvalue weighted by Crippen LogP contribution is 2.40. The standard InChI is InChI=1S/C15H29NO3/c1-4-18-14(19-5-2)11-15(17)9-12-7-6-8-13(10-15)16(12)3/h12-14,17H,4-11H2,1-3H3. The summed E-state index contributed by atoms with van der Waals surface area (Å²) in [5.41, 5.74) is -0.614. The monoisotopic (exact) mass is 271 g/mol. The van der Waals surface area contributed by atoms with Gasteiger partial charge in [0.1, 0.15) is 0 Å². The zero-order valence-electron chi connectivity index (χ0n) is 12.6. The van der Waals surface area contributed by atoms with Gasteiger partial charge in [-0.25, -0.2) is 0 Å². The Bertz CT molecular complexity index is 265. The molecular weight excluding hydrogens is 242 g/mol. The lowest BCUT2D eigenvalue weighted by Crippen LogP contribution is -2.57. The number of hydrogen-bond donors (Lipinski definition) is 1. The van der Waals surface area contributed by atoms with Crippen LogP contribution in [0.15, 0.2) is 0 Å². The van der Waals surface area contributed by atoms with E-state index in [2.05, 4.69) is 11.9 Å². The minimum atomic E-state index is -0.614. The van der Waals surface area contributed by atoms with E-state index in [1.807, 2.05) is 13.8 Å². The van der Waals surface area contributed by atoms with Crippen LogP contribution < -0.4 is 0 Å². The van der Waals surface area contributed by atoms with Gasteiger partial charge in [0.05, 0.1) is 5.60 Å². The Morgan fingerprint density at radius 1 is 1.16 bits per heavy atom. The van der Waals surface area contributed by atoms with Crippen molar-refractivity contribution in [3.05, 3.63) is 0 Å². The molecule has 2 aliphatic heterocycles. The lowest BCUT2D eigenvalue weighted by molar-refractivity contribution is -0.186. The number of hydrogen-bond acceptors (Lipinski definition) is 4. The van der Waals surface area contributed by atoms with Gasteiger partial charge in [0.15, 0.2) is 6.29 Å². The molecule has 1 N–H and O–H groups in total. The molecular formula is C15H29NO3. The molecule has 2 bridgehead atoms. The molecule has 2 rings (SSSR count). The molecule has 4 nitrogen and oxygen atoms in total. The quantitative estimate of drug-likeness (QED) is 0.752. The van der Waals surface area contributed by atoms with Crippen LogP contribution >= 0.6 is 0 Å². The summed E-state index contributed by atoms with van der Waals surface area (Å²) >= 11 is 0. The van der Waals surface area contributed by atoms with E-state index in [0.717, 1.165) is 12.8 Å². The van der Waals surface area contributed by atoms with Crippen molar-refractivity contribution >= 4 is 0 Å². The van der Waals surface area contributed by atoms with Crippen LogP contribution in [0.1, 0.15) is 52.4 Å². The fourth-order valence-electron chi connectivity index (χ4n) is 3.76. The number of piperidine rings is 2. The average Bonchev–Trinajstić information content (AvgIpc) is 2.32. The second-order valence-corrected chi connectivity index (χ2v) is 6.08. The summed E-state index contributed by atoms with van der Waals surface area (Å²) in [6.45, 7) is 5.21. The van der Waals surface area contributed by atoms with Crippen LogP contribution in [0.2, 0.25) is 0 Å². The molecule has 2 atom stereocenters. The SMILES string of the molecule is CCOC(CC1(O)CC2CCCC(C1)N2C)OCC. The molecule has 2 aliphatic rings. The molecule has 19 heavy (non-hydrogen) atoms. The average molecular weight is 271 g/mol. The van der Waals surface area contributed by atoms with Crippen LogP contribution in [0.25, 0.3) is 0 Å². The number of ether oxygens (including phenoxy) is 2. The first-order chi connectivity index (χ1) is 9.08. The molecule has 0 aromatic heterocycles. The van der Waals surface area contributed by atoms with Gasteiger partial charge in [0, 0.05) is 31.7 Å². The fourth-order valence-corrected chi connectivity index (χ4v) is 3.76. The van der Waals surface area contributed by atoms with Gasteiger partial charge in [-0.2, -0.15) is 0 Å². The molecule has 2 saturated heterocycles. The van der Waals surface area contributed by atoms with Crippen molar-refractivity contribution < 1.29 is 14.6 Å². The lowest BCUT2D eigenvalue weighted by atomic mass is 9.74. The first-order valence-electron chi connectivity index (χ1n) is 7.75.